The van der Waals surface area contributed by atoms with Crippen LogP contribution in [0, 0.1) is 0 Å². The number of para-hydroxylation sites is 1. The lowest BCUT2D eigenvalue weighted by Gasteiger charge is -2.07. The maximum absolute atomic E-state index is 12.1. The first-order valence-corrected chi connectivity index (χ1v) is 12.1. The zero-order valence-electron chi connectivity index (χ0n) is 17.5. The number of carbonyl (C=O) groups excluding carboxylic acids is 1. The van der Waals surface area contributed by atoms with E-state index in [-0.39, 0.29) is 34.0 Å². The Morgan fingerprint density at radius 1 is 1.21 bits per heavy atom. The van der Waals surface area contributed by atoms with Crippen molar-refractivity contribution in [2.24, 2.45) is 10.7 Å². The number of hydrogen-bond acceptors (Lipinski definition) is 9. The van der Waals surface area contributed by atoms with E-state index in [1.165, 1.54) is 12.1 Å². The van der Waals surface area contributed by atoms with Crippen molar-refractivity contribution in [1.29, 1.82) is 0 Å². The molecule has 0 aliphatic rings. The molecule has 9 nitrogen and oxygen atoms in total. The Kier molecular flexibility index (Phi) is 7.52. The van der Waals surface area contributed by atoms with Crippen molar-refractivity contribution in [1.82, 2.24) is 10.1 Å². The fourth-order valence-electron chi connectivity index (χ4n) is 2.58. The molecule has 172 valence electrons. The Morgan fingerprint density at radius 3 is 2.61 bits per heavy atom. The molecule has 0 radical (unpaired) electrons. The number of aromatic nitrogens is 2. The van der Waals surface area contributed by atoms with Gasteiger partial charge in [0.2, 0.25) is 5.82 Å². The number of sulfone groups is 1. The first kappa shape index (κ1) is 24.4. The first-order valence-electron chi connectivity index (χ1n) is 9.42. The summed E-state index contributed by atoms with van der Waals surface area (Å²) in [5, 5.41) is 3.92. The van der Waals surface area contributed by atoms with E-state index < -0.39 is 21.5 Å². The summed E-state index contributed by atoms with van der Waals surface area (Å²) in [6, 6.07) is 12.6. The average molecular weight is 509 g/mol. The number of benzene rings is 2. The van der Waals surface area contributed by atoms with Crippen LogP contribution in [0.3, 0.4) is 0 Å². The maximum atomic E-state index is 12.1. The highest BCUT2D eigenvalue weighted by Crippen LogP contribution is 2.28. The van der Waals surface area contributed by atoms with E-state index in [1.54, 1.807) is 43.3 Å². The van der Waals surface area contributed by atoms with Crippen LogP contribution in [-0.2, 0) is 19.4 Å². The molecule has 33 heavy (non-hydrogen) atoms. The highest BCUT2D eigenvalue weighted by Gasteiger charge is 2.23. The summed E-state index contributed by atoms with van der Waals surface area (Å²) in [5.41, 5.74) is 6.04. The molecule has 0 atom stereocenters. The first-order chi connectivity index (χ1) is 15.6. The molecule has 0 unspecified atom stereocenters. The Hall–Kier alpha value is -3.21. The molecule has 0 aliphatic carbocycles. The van der Waals surface area contributed by atoms with Crippen LogP contribution in [0.4, 0.5) is 5.69 Å². The number of allylic oxidation sites excluding steroid dienone is 1. The van der Waals surface area contributed by atoms with Crippen LogP contribution in [0.15, 0.2) is 73.7 Å². The monoisotopic (exact) mass is 508 g/mol. The summed E-state index contributed by atoms with van der Waals surface area (Å²) in [4.78, 5) is 20.8. The van der Waals surface area contributed by atoms with Gasteiger partial charge >= 0.3 is 5.97 Å². The fourth-order valence-corrected chi connectivity index (χ4v) is 3.63. The SMILES string of the molecule is CCOC(=O)/C(N)=C(\Cl)C(=Nc1ccccc1Cl)c1noc(-c2cccc(S(C)(=O)=O)c2)n1. The molecule has 0 aliphatic heterocycles. The van der Waals surface area contributed by atoms with Gasteiger partial charge in [0, 0.05) is 11.8 Å². The molecule has 0 amide bonds. The van der Waals surface area contributed by atoms with Crippen molar-refractivity contribution in [2.45, 2.75) is 11.8 Å². The minimum atomic E-state index is -3.45. The summed E-state index contributed by atoms with van der Waals surface area (Å²) in [7, 11) is -3.45. The second-order valence-electron chi connectivity index (χ2n) is 6.58. The maximum Gasteiger partial charge on any atom is 0.355 e. The largest absolute Gasteiger partial charge is 0.461 e. The van der Waals surface area contributed by atoms with Gasteiger partial charge in [-0.1, -0.05) is 46.6 Å². The smallest absolute Gasteiger partial charge is 0.355 e. The Balaban J connectivity index is 2.14. The minimum absolute atomic E-state index is 0.00142. The van der Waals surface area contributed by atoms with E-state index in [0.717, 1.165) is 6.26 Å². The third-order valence-electron chi connectivity index (χ3n) is 4.17. The zero-order chi connectivity index (χ0) is 24.2. The predicted octanol–water partition coefficient (Wildman–Crippen LogP) is 3.89. The second kappa shape index (κ2) is 10.2. The van der Waals surface area contributed by atoms with Gasteiger partial charge in [0.05, 0.1) is 22.2 Å². The lowest BCUT2D eigenvalue weighted by atomic mass is 10.2. The number of nitrogens with two attached hydrogens (primary N) is 1. The van der Waals surface area contributed by atoms with Crippen LogP contribution in [0.1, 0.15) is 12.7 Å². The molecule has 0 spiro atoms. The van der Waals surface area contributed by atoms with E-state index in [0.29, 0.717) is 16.3 Å². The number of carbonyl (C=O) groups is 1. The average Bonchev–Trinajstić information content (AvgIpc) is 3.27. The summed E-state index contributed by atoms with van der Waals surface area (Å²) in [6.07, 6.45) is 1.09. The van der Waals surface area contributed by atoms with Crippen molar-refractivity contribution in [3.63, 3.8) is 0 Å². The molecular weight excluding hydrogens is 491 g/mol. The van der Waals surface area contributed by atoms with Crippen molar-refractivity contribution in [3.8, 4) is 11.5 Å². The number of halogens is 2. The molecule has 0 saturated carbocycles. The van der Waals surface area contributed by atoms with E-state index in [9.17, 15) is 13.2 Å². The molecule has 0 bridgehead atoms. The van der Waals surface area contributed by atoms with Gasteiger partial charge in [-0.3, -0.25) is 0 Å². The molecule has 1 aromatic heterocycles. The topological polar surface area (TPSA) is 138 Å². The standard InChI is InChI=1S/C21H18Cl2N4O5S/c1-3-31-21(28)17(24)16(23)18(25-15-10-5-4-9-14(15)22)19-26-20(32-27-19)12-7-6-8-13(11-12)33(2,29)30/h4-11H,3,24H2,1-2H3/b17-16+,25-18?. The number of aliphatic imine (C=N–C) groups is 1. The van der Waals surface area contributed by atoms with Crippen molar-refractivity contribution in [3.05, 3.63) is 70.1 Å². The van der Waals surface area contributed by atoms with Crippen molar-refractivity contribution < 1.29 is 22.5 Å². The number of hydrogen-bond donors (Lipinski definition) is 1. The summed E-state index contributed by atoms with van der Waals surface area (Å²) < 4.78 is 33.9. The van der Waals surface area contributed by atoms with Crippen LogP contribution < -0.4 is 5.73 Å². The predicted molar refractivity (Wildman–Crippen MR) is 124 cm³/mol. The van der Waals surface area contributed by atoms with Crippen LogP contribution >= 0.6 is 23.2 Å². The lowest BCUT2D eigenvalue weighted by Crippen LogP contribution is -2.19. The Morgan fingerprint density at radius 2 is 1.94 bits per heavy atom. The lowest BCUT2D eigenvalue weighted by molar-refractivity contribution is -0.138. The quantitative estimate of drug-likeness (QED) is 0.288. The van der Waals surface area contributed by atoms with Gasteiger partial charge in [-0.15, -0.1) is 0 Å². The van der Waals surface area contributed by atoms with Crippen molar-refractivity contribution >= 4 is 50.4 Å². The van der Waals surface area contributed by atoms with Gasteiger partial charge in [0.1, 0.15) is 16.4 Å². The van der Waals surface area contributed by atoms with E-state index in [1.807, 2.05) is 0 Å². The summed E-state index contributed by atoms with van der Waals surface area (Å²) >= 11 is 12.6. The molecule has 0 saturated heterocycles. The van der Waals surface area contributed by atoms with E-state index in [2.05, 4.69) is 15.1 Å². The van der Waals surface area contributed by atoms with Gasteiger partial charge in [-0.25, -0.2) is 18.2 Å². The van der Waals surface area contributed by atoms with Gasteiger partial charge in [0.25, 0.3) is 5.89 Å². The zero-order valence-corrected chi connectivity index (χ0v) is 19.8. The third-order valence-corrected chi connectivity index (χ3v) is 5.98. The fraction of sp³-hybridized carbons (Fsp3) is 0.143. The minimum Gasteiger partial charge on any atom is -0.461 e. The van der Waals surface area contributed by atoms with E-state index in [4.69, 9.17) is 38.2 Å². The van der Waals surface area contributed by atoms with Gasteiger partial charge < -0.3 is 15.0 Å². The number of rotatable bonds is 7. The number of ether oxygens (including phenoxy) is 1. The summed E-state index contributed by atoms with van der Waals surface area (Å²) in [5.74, 6) is -0.951. The molecule has 12 heteroatoms. The van der Waals surface area contributed by atoms with Crippen molar-refractivity contribution in [2.75, 3.05) is 12.9 Å². The number of esters is 1. The highest BCUT2D eigenvalue weighted by molar-refractivity contribution is 7.90. The molecule has 3 rings (SSSR count). The highest BCUT2D eigenvalue weighted by atomic mass is 35.5. The van der Waals surface area contributed by atoms with Gasteiger partial charge in [0.15, 0.2) is 9.84 Å². The molecule has 0 fully saturated rings. The van der Waals surface area contributed by atoms with Gasteiger partial charge in [-0.2, -0.15) is 4.98 Å². The molecule has 3 aromatic rings. The third kappa shape index (κ3) is 5.78. The summed E-state index contributed by atoms with van der Waals surface area (Å²) in [6.45, 7) is 1.71. The van der Waals surface area contributed by atoms with Crippen LogP contribution in [-0.4, -0.2) is 43.1 Å². The Labute approximate surface area is 199 Å². The molecule has 2 aromatic carbocycles. The van der Waals surface area contributed by atoms with Crippen LogP contribution in [0.2, 0.25) is 5.02 Å². The molecular formula is C21H18Cl2N4O5S. The molecule has 2 N–H and O–H groups in total. The van der Waals surface area contributed by atoms with E-state index >= 15 is 0 Å². The van der Waals surface area contributed by atoms with Crippen LogP contribution in [0.25, 0.3) is 11.5 Å². The van der Waals surface area contributed by atoms with Crippen LogP contribution in [0.5, 0.6) is 0 Å². The van der Waals surface area contributed by atoms with Gasteiger partial charge in [-0.05, 0) is 37.3 Å². The molecule has 1 heterocycles. The number of nitrogens with zero attached hydrogens (tertiary/aromatic N) is 3. The second-order valence-corrected chi connectivity index (χ2v) is 9.38. The Bertz CT molecular complexity index is 1370. The normalized spacial score (nSPS) is 12.9.